The van der Waals surface area contributed by atoms with E-state index in [4.69, 9.17) is 13.9 Å². The van der Waals surface area contributed by atoms with Crippen LogP contribution in [0.4, 0.5) is 0 Å². The average Bonchev–Trinajstić information content (AvgIpc) is 3.51. The first-order valence-electron chi connectivity index (χ1n) is 10.6. The topological polar surface area (TPSA) is 89.3 Å². The van der Waals surface area contributed by atoms with Crippen LogP contribution in [0.2, 0.25) is 0 Å². The molecule has 1 amide bonds. The maximum absolute atomic E-state index is 13.7. The van der Waals surface area contributed by atoms with Gasteiger partial charge < -0.3 is 18.8 Å². The Balaban J connectivity index is 1.68. The van der Waals surface area contributed by atoms with Gasteiger partial charge in [-0.3, -0.25) is 4.79 Å². The third kappa shape index (κ3) is 4.63. The molecule has 2 fully saturated rings. The number of benzene rings is 1. The summed E-state index contributed by atoms with van der Waals surface area (Å²) >= 11 is 0. The minimum atomic E-state index is -3.73. The van der Waals surface area contributed by atoms with Gasteiger partial charge in [0.05, 0.1) is 43.6 Å². The zero-order valence-electron chi connectivity index (χ0n) is 17.7. The molecule has 0 unspecified atom stereocenters. The number of carbonyl (C=O) groups is 1. The van der Waals surface area contributed by atoms with Gasteiger partial charge in [0.1, 0.15) is 11.5 Å². The van der Waals surface area contributed by atoms with Crippen molar-refractivity contribution in [1.29, 1.82) is 0 Å². The van der Waals surface area contributed by atoms with Gasteiger partial charge in [-0.2, -0.15) is 4.31 Å². The van der Waals surface area contributed by atoms with Crippen LogP contribution >= 0.6 is 0 Å². The van der Waals surface area contributed by atoms with Gasteiger partial charge >= 0.3 is 0 Å². The quantitative estimate of drug-likeness (QED) is 0.647. The standard InChI is InChI=1S/C22H28N2O6S/c1-28-21-9-8-19(31(26,27)23-10-13-29-14-11-23)15-20(21)22(25)24(17-5-2-3-6-17)16-18-7-4-12-30-18/h4,7-9,12,15,17H,2-3,5-6,10-11,13-14,16H2,1H3. The summed E-state index contributed by atoms with van der Waals surface area (Å²) in [5.41, 5.74) is 0.246. The Bertz CT molecular complexity index is 993. The molecule has 1 aliphatic carbocycles. The Hall–Kier alpha value is -2.36. The molecule has 0 bridgehead atoms. The Kier molecular flexibility index (Phi) is 6.64. The predicted molar refractivity (Wildman–Crippen MR) is 113 cm³/mol. The number of ether oxygens (including phenoxy) is 2. The first-order chi connectivity index (χ1) is 15.0. The van der Waals surface area contributed by atoms with E-state index in [0.717, 1.165) is 25.7 Å². The van der Waals surface area contributed by atoms with E-state index in [2.05, 4.69) is 0 Å². The molecule has 1 saturated carbocycles. The number of methoxy groups -OCH3 is 1. The van der Waals surface area contributed by atoms with Crippen LogP contribution < -0.4 is 4.74 Å². The van der Waals surface area contributed by atoms with Gasteiger partial charge in [0.25, 0.3) is 5.91 Å². The van der Waals surface area contributed by atoms with Crippen LogP contribution in [0, 0.1) is 0 Å². The number of rotatable bonds is 7. The van der Waals surface area contributed by atoms with Crippen molar-refractivity contribution in [1.82, 2.24) is 9.21 Å². The van der Waals surface area contributed by atoms with Gasteiger partial charge in [0, 0.05) is 19.1 Å². The lowest BCUT2D eigenvalue weighted by Crippen LogP contribution is -2.41. The second kappa shape index (κ2) is 9.42. The first kappa shape index (κ1) is 21.9. The fourth-order valence-electron chi connectivity index (χ4n) is 4.26. The predicted octanol–water partition coefficient (Wildman–Crippen LogP) is 2.89. The van der Waals surface area contributed by atoms with E-state index >= 15 is 0 Å². The Morgan fingerprint density at radius 2 is 1.94 bits per heavy atom. The molecule has 0 atom stereocenters. The molecule has 1 saturated heterocycles. The minimum absolute atomic E-state index is 0.0850. The average molecular weight is 449 g/mol. The molecule has 168 valence electrons. The fourth-order valence-corrected chi connectivity index (χ4v) is 5.69. The summed E-state index contributed by atoms with van der Waals surface area (Å²) in [6.45, 7) is 1.65. The molecule has 8 nitrogen and oxygen atoms in total. The number of morpholine rings is 1. The monoisotopic (exact) mass is 448 g/mol. The maximum Gasteiger partial charge on any atom is 0.258 e. The molecular weight excluding hydrogens is 420 g/mol. The zero-order valence-corrected chi connectivity index (χ0v) is 18.5. The zero-order chi connectivity index (χ0) is 21.8. The van der Waals surface area contributed by atoms with Crippen LogP contribution in [0.5, 0.6) is 5.75 Å². The van der Waals surface area contributed by atoms with Gasteiger partial charge in [-0.05, 0) is 43.2 Å². The molecule has 0 N–H and O–H groups in total. The maximum atomic E-state index is 13.7. The third-order valence-electron chi connectivity index (χ3n) is 5.94. The summed E-state index contributed by atoms with van der Waals surface area (Å²) in [6.07, 6.45) is 5.55. The molecule has 1 aromatic carbocycles. The van der Waals surface area contributed by atoms with E-state index in [1.165, 1.54) is 23.5 Å². The van der Waals surface area contributed by atoms with Gasteiger partial charge in [-0.25, -0.2) is 8.42 Å². The largest absolute Gasteiger partial charge is 0.496 e. The Morgan fingerprint density at radius 1 is 1.19 bits per heavy atom. The number of nitrogens with zero attached hydrogens (tertiary/aromatic N) is 2. The van der Waals surface area contributed by atoms with Crippen molar-refractivity contribution < 1.29 is 27.1 Å². The molecule has 2 aromatic rings. The van der Waals surface area contributed by atoms with Gasteiger partial charge in [0.2, 0.25) is 10.0 Å². The molecule has 1 aliphatic heterocycles. The smallest absolute Gasteiger partial charge is 0.258 e. The van der Waals surface area contributed by atoms with Crippen molar-refractivity contribution in [2.24, 2.45) is 0 Å². The lowest BCUT2D eigenvalue weighted by molar-refractivity contribution is 0.0645. The number of furan rings is 1. The Morgan fingerprint density at radius 3 is 2.58 bits per heavy atom. The molecule has 4 rings (SSSR count). The highest BCUT2D eigenvalue weighted by molar-refractivity contribution is 7.89. The van der Waals surface area contributed by atoms with Crippen molar-refractivity contribution in [3.8, 4) is 5.75 Å². The van der Waals surface area contributed by atoms with E-state index in [0.29, 0.717) is 44.4 Å². The molecule has 0 radical (unpaired) electrons. The molecule has 9 heteroatoms. The number of hydrogen-bond donors (Lipinski definition) is 0. The van der Waals surface area contributed by atoms with Gasteiger partial charge in [0.15, 0.2) is 0 Å². The van der Waals surface area contributed by atoms with Crippen LogP contribution in [0.3, 0.4) is 0 Å². The molecule has 2 heterocycles. The summed E-state index contributed by atoms with van der Waals surface area (Å²) in [5, 5.41) is 0. The van der Waals surface area contributed by atoms with E-state index in [-0.39, 0.29) is 22.4 Å². The SMILES string of the molecule is COc1ccc(S(=O)(=O)N2CCOCC2)cc1C(=O)N(Cc1ccco1)C1CCCC1. The molecule has 31 heavy (non-hydrogen) atoms. The second-order valence-corrected chi connectivity index (χ2v) is 9.77. The number of carbonyl (C=O) groups excluding carboxylic acids is 1. The summed E-state index contributed by atoms with van der Waals surface area (Å²) in [7, 11) is -2.25. The molecule has 1 aromatic heterocycles. The highest BCUT2D eigenvalue weighted by atomic mass is 32.2. The second-order valence-electron chi connectivity index (χ2n) is 7.83. The summed E-state index contributed by atoms with van der Waals surface area (Å²) < 4.78 is 43.8. The van der Waals surface area contributed by atoms with E-state index in [1.807, 2.05) is 6.07 Å². The van der Waals surface area contributed by atoms with Crippen molar-refractivity contribution in [2.75, 3.05) is 33.4 Å². The lowest BCUT2D eigenvalue weighted by Gasteiger charge is -2.29. The summed E-state index contributed by atoms with van der Waals surface area (Å²) in [5.74, 6) is 0.795. The van der Waals surface area contributed by atoms with Gasteiger partial charge in [-0.1, -0.05) is 12.8 Å². The van der Waals surface area contributed by atoms with E-state index < -0.39 is 10.0 Å². The highest BCUT2D eigenvalue weighted by Crippen LogP contribution is 2.31. The van der Waals surface area contributed by atoms with Crippen LogP contribution in [-0.4, -0.2) is 63.0 Å². The van der Waals surface area contributed by atoms with Crippen LogP contribution in [0.15, 0.2) is 45.9 Å². The Labute approximate surface area is 182 Å². The first-order valence-corrected chi connectivity index (χ1v) is 12.0. The molecule has 2 aliphatic rings. The number of sulfonamides is 1. The molecular formula is C22H28N2O6S. The third-order valence-corrected chi connectivity index (χ3v) is 7.84. The van der Waals surface area contributed by atoms with Crippen LogP contribution in [0.1, 0.15) is 41.8 Å². The van der Waals surface area contributed by atoms with Crippen LogP contribution in [-0.2, 0) is 21.3 Å². The summed E-state index contributed by atoms with van der Waals surface area (Å²) in [6, 6.07) is 8.21. The van der Waals surface area contributed by atoms with Crippen molar-refractivity contribution in [3.63, 3.8) is 0 Å². The minimum Gasteiger partial charge on any atom is -0.496 e. The number of amides is 1. The van der Waals surface area contributed by atoms with Crippen molar-refractivity contribution in [2.45, 2.75) is 43.2 Å². The lowest BCUT2D eigenvalue weighted by atomic mass is 10.1. The summed E-state index contributed by atoms with van der Waals surface area (Å²) in [4.78, 5) is 15.5. The highest BCUT2D eigenvalue weighted by Gasteiger charge is 2.32. The normalized spacial score (nSPS) is 18.2. The number of hydrogen-bond acceptors (Lipinski definition) is 6. The molecule has 0 spiro atoms. The van der Waals surface area contributed by atoms with Crippen molar-refractivity contribution in [3.05, 3.63) is 47.9 Å². The van der Waals surface area contributed by atoms with Crippen molar-refractivity contribution >= 4 is 15.9 Å². The van der Waals surface area contributed by atoms with E-state index in [9.17, 15) is 13.2 Å². The van der Waals surface area contributed by atoms with Gasteiger partial charge in [-0.15, -0.1) is 0 Å². The fraction of sp³-hybridized carbons (Fsp3) is 0.500. The van der Waals surface area contributed by atoms with E-state index in [1.54, 1.807) is 23.3 Å². The van der Waals surface area contributed by atoms with Crippen LogP contribution in [0.25, 0.3) is 0 Å².